The fourth-order valence-corrected chi connectivity index (χ4v) is 3.32. The van der Waals surface area contributed by atoms with Gasteiger partial charge in [0.1, 0.15) is 0 Å². The molecule has 2 rings (SSSR count). The second-order valence-electron chi connectivity index (χ2n) is 6.36. The number of hydrogen-bond acceptors (Lipinski definition) is 4. The Labute approximate surface area is 160 Å². The highest BCUT2D eigenvalue weighted by atomic mass is 32.2. The summed E-state index contributed by atoms with van der Waals surface area (Å²) < 4.78 is 23.5. The molecule has 27 heavy (non-hydrogen) atoms. The Hall–Kier alpha value is -2.85. The van der Waals surface area contributed by atoms with Gasteiger partial charge >= 0.3 is 6.03 Å². The second kappa shape index (κ2) is 9.19. The lowest BCUT2D eigenvalue weighted by atomic mass is 10.0. The minimum absolute atomic E-state index is 0.150. The summed E-state index contributed by atoms with van der Waals surface area (Å²) in [6, 6.07) is 15.6. The molecule has 2 amide bonds. The molecule has 2 aromatic carbocycles. The van der Waals surface area contributed by atoms with E-state index >= 15 is 0 Å². The zero-order valence-corrected chi connectivity index (χ0v) is 16.2. The van der Waals surface area contributed by atoms with E-state index in [2.05, 4.69) is 16.7 Å². The molecule has 0 spiro atoms. The van der Waals surface area contributed by atoms with E-state index in [0.29, 0.717) is 24.9 Å². The van der Waals surface area contributed by atoms with Gasteiger partial charge in [-0.25, -0.2) is 13.2 Å². The maximum atomic E-state index is 12.5. The molecule has 0 heterocycles. The Morgan fingerprint density at radius 1 is 1.19 bits per heavy atom. The summed E-state index contributed by atoms with van der Waals surface area (Å²) in [5.41, 5.74) is 2.16. The third-order valence-corrected chi connectivity index (χ3v) is 5.28. The molecule has 1 unspecified atom stereocenters. The van der Waals surface area contributed by atoms with Gasteiger partial charge in [-0.1, -0.05) is 36.4 Å². The largest absolute Gasteiger partial charge is 0.331 e. The monoisotopic (exact) mass is 385 g/mol. The van der Waals surface area contributed by atoms with Crippen LogP contribution in [0.3, 0.4) is 0 Å². The van der Waals surface area contributed by atoms with Crippen LogP contribution in [-0.4, -0.2) is 20.7 Å². The van der Waals surface area contributed by atoms with Crippen LogP contribution in [0.4, 0.5) is 10.5 Å². The zero-order chi connectivity index (χ0) is 19.9. The smallest absolute Gasteiger partial charge is 0.319 e. The summed E-state index contributed by atoms with van der Waals surface area (Å²) in [5.74, 6) is 0. The predicted octanol–water partition coefficient (Wildman–Crippen LogP) is 3.96. The van der Waals surface area contributed by atoms with Crippen molar-refractivity contribution in [1.29, 1.82) is 5.26 Å². The molecule has 0 aliphatic carbocycles. The van der Waals surface area contributed by atoms with Crippen LogP contribution in [0.2, 0.25) is 0 Å². The first-order valence-electron chi connectivity index (χ1n) is 8.61. The first kappa shape index (κ1) is 20.5. The van der Waals surface area contributed by atoms with Crippen LogP contribution in [0.1, 0.15) is 36.4 Å². The molecule has 0 saturated carbocycles. The van der Waals surface area contributed by atoms with Gasteiger partial charge in [0.25, 0.3) is 0 Å². The molecule has 0 fully saturated rings. The molecular formula is C20H23N3O3S. The average molecular weight is 385 g/mol. The van der Waals surface area contributed by atoms with Crippen molar-refractivity contribution in [3.63, 3.8) is 0 Å². The lowest BCUT2D eigenvalue weighted by Gasteiger charge is -2.20. The number of amides is 2. The molecule has 0 bridgehead atoms. The van der Waals surface area contributed by atoms with Crippen LogP contribution in [0.5, 0.6) is 0 Å². The number of unbranched alkanes of at least 4 members (excludes halogenated alkanes) is 1. The van der Waals surface area contributed by atoms with Crippen LogP contribution in [0.25, 0.3) is 0 Å². The van der Waals surface area contributed by atoms with Crippen molar-refractivity contribution in [3.05, 3.63) is 59.7 Å². The SMILES string of the molecule is Cc1ccc(S(C)(=O)=O)cc1NC(=O)NC(CCCC#N)c1ccccc1. The maximum Gasteiger partial charge on any atom is 0.319 e. The Bertz CT molecular complexity index is 935. The highest BCUT2D eigenvalue weighted by Crippen LogP contribution is 2.22. The van der Waals surface area contributed by atoms with E-state index < -0.39 is 15.9 Å². The van der Waals surface area contributed by atoms with Crippen LogP contribution in [0, 0.1) is 18.3 Å². The van der Waals surface area contributed by atoms with Crippen LogP contribution in [0.15, 0.2) is 53.4 Å². The molecule has 0 aromatic heterocycles. The van der Waals surface area contributed by atoms with E-state index in [9.17, 15) is 13.2 Å². The van der Waals surface area contributed by atoms with Crippen molar-refractivity contribution in [2.75, 3.05) is 11.6 Å². The Kier molecular flexibility index (Phi) is 6.97. The molecule has 2 aromatic rings. The number of nitrogens with zero attached hydrogens (tertiary/aromatic N) is 1. The molecular weight excluding hydrogens is 362 g/mol. The molecule has 2 N–H and O–H groups in total. The predicted molar refractivity (Wildman–Crippen MR) is 105 cm³/mol. The number of nitriles is 1. The number of nitrogens with one attached hydrogen (secondary N) is 2. The normalized spacial score (nSPS) is 12.0. The van der Waals surface area contributed by atoms with Crippen molar-refractivity contribution in [3.8, 4) is 6.07 Å². The molecule has 142 valence electrons. The summed E-state index contributed by atoms with van der Waals surface area (Å²) >= 11 is 0. The average Bonchev–Trinajstić information content (AvgIpc) is 2.62. The minimum atomic E-state index is -3.36. The van der Waals surface area contributed by atoms with Gasteiger partial charge in [-0.3, -0.25) is 0 Å². The van der Waals surface area contributed by atoms with E-state index in [1.807, 2.05) is 30.3 Å². The third-order valence-electron chi connectivity index (χ3n) is 4.17. The van der Waals surface area contributed by atoms with Crippen molar-refractivity contribution >= 4 is 21.6 Å². The third kappa shape index (κ3) is 6.12. The number of carbonyl (C=O) groups excluding carboxylic acids is 1. The maximum absolute atomic E-state index is 12.5. The lowest BCUT2D eigenvalue weighted by Crippen LogP contribution is -2.33. The number of aryl methyl sites for hydroxylation is 1. The summed E-state index contributed by atoms with van der Waals surface area (Å²) in [6.45, 7) is 1.79. The highest BCUT2D eigenvalue weighted by molar-refractivity contribution is 7.90. The van der Waals surface area contributed by atoms with Gasteiger partial charge in [-0.2, -0.15) is 5.26 Å². The van der Waals surface area contributed by atoms with Gasteiger partial charge in [0.15, 0.2) is 9.84 Å². The lowest BCUT2D eigenvalue weighted by molar-refractivity contribution is 0.247. The summed E-state index contributed by atoms with van der Waals surface area (Å²) in [4.78, 5) is 12.7. The van der Waals surface area contributed by atoms with E-state index in [1.165, 1.54) is 12.1 Å². The fourth-order valence-electron chi connectivity index (χ4n) is 2.68. The molecule has 0 saturated heterocycles. The van der Waals surface area contributed by atoms with Gasteiger partial charge in [0.2, 0.25) is 0 Å². The minimum Gasteiger partial charge on any atom is -0.331 e. The standard InChI is InChI=1S/C20H23N3O3S/c1-15-11-12-17(27(2,25)26)14-19(15)23-20(24)22-18(10-6-7-13-21)16-8-4-3-5-9-16/h3-5,8-9,11-12,14,18H,6-7,10H2,1-2H3,(H2,22,23,24). The topological polar surface area (TPSA) is 99.1 Å². The Morgan fingerprint density at radius 3 is 2.52 bits per heavy atom. The summed E-state index contributed by atoms with van der Waals surface area (Å²) in [6.07, 6.45) is 2.84. The quantitative estimate of drug-likeness (QED) is 0.705. The van der Waals surface area contributed by atoms with Crippen LogP contribution < -0.4 is 10.6 Å². The molecule has 0 aliphatic heterocycles. The van der Waals surface area contributed by atoms with E-state index in [4.69, 9.17) is 5.26 Å². The molecule has 0 radical (unpaired) electrons. The van der Waals surface area contributed by atoms with Crippen molar-refractivity contribution in [1.82, 2.24) is 5.32 Å². The van der Waals surface area contributed by atoms with Crippen LogP contribution in [-0.2, 0) is 9.84 Å². The molecule has 7 heteroatoms. The molecule has 1 atom stereocenters. The fraction of sp³-hybridized carbons (Fsp3) is 0.300. The summed E-state index contributed by atoms with van der Waals surface area (Å²) in [5, 5.41) is 14.4. The number of carbonyl (C=O) groups is 1. The molecule has 0 aliphatic rings. The van der Waals surface area contributed by atoms with E-state index in [-0.39, 0.29) is 10.9 Å². The number of benzene rings is 2. The zero-order valence-electron chi connectivity index (χ0n) is 15.4. The Morgan fingerprint density at radius 2 is 1.89 bits per heavy atom. The number of sulfone groups is 1. The number of anilines is 1. The van der Waals surface area contributed by atoms with Gasteiger partial charge < -0.3 is 10.6 Å². The highest BCUT2D eigenvalue weighted by Gasteiger charge is 2.16. The molecule has 6 nitrogen and oxygen atoms in total. The first-order chi connectivity index (χ1) is 12.8. The van der Waals surface area contributed by atoms with E-state index in [0.717, 1.165) is 17.4 Å². The van der Waals surface area contributed by atoms with Crippen molar-refractivity contribution in [2.24, 2.45) is 0 Å². The Balaban J connectivity index is 2.15. The van der Waals surface area contributed by atoms with Crippen LogP contribution >= 0.6 is 0 Å². The first-order valence-corrected chi connectivity index (χ1v) is 10.5. The van der Waals surface area contributed by atoms with Gasteiger partial charge in [-0.05, 0) is 43.0 Å². The number of hydrogen-bond donors (Lipinski definition) is 2. The van der Waals surface area contributed by atoms with E-state index in [1.54, 1.807) is 13.0 Å². The number of rotatable bonds is 7. The second-order valence-corrected chi connectivity index (χ2v) is 8.38. The van der Waals surface area contributed by atoms with Gasteiger partial charge in [-0.15, -0.1) is 0 Å². The number of urea groups is 1. The van der Waals surface area contributed by atoms with Gasteiger partial charge in [0.05, 0.1) is 17.0 Å². The summed E-state index contributed by atoms with van der Waals surface area (Å²) in [7, 11) is -3.36. The van der Waals surface area contributed by atoms with Crippen molar-refractivity contribution in [2.45, 2.75) is 37.1 Å². The van der Waals surface area contributed by atoms with Crippen molar-refractivity contribution < 1.29 is 13.2 Å². The van der Waals surface area contributed by atoms with Gasteiger partial charge in [0, 0.05) is 18.4 Å².